The third kappa shape index (κ3) is 3.84. The number of benzene rings is 2. The SMILES string of the molecule is COC(=O)c1sc(N2C(=O)C(=O)/C(=C(/O)c3ccc(OC)c(C)c3)C2c2ccccc2)nc1C. The van der Waals surface area contributed by atoms with Gasteiger partial charge in [0.1, 0.15) is 16.4 Å². The van der Waals surface area contributed by atoms with Crippen LogP contribution in [-0.4, -0.2) is 42.0 Å². The Kier molecular flexibility index (Phi) is 6.21. The molecule has 9 heteroatoms. The first-order valence-corrected chi connectivity index (χ1v) is 11.2. The van der Waals surface area contributed by atoms with Crippen molar-refractivity contribution < 1.29 is 29.0 Å². The molecule has 3 aromatic rings. The van der Waals surface area contributed by atoms with Gasteiger partial charge >= 0.3 is 11.9 Å². The fourth-order valence-corrected chi connectivity index (χ4v) is 4.94. The molecule has 1 fully saturated rings. The van der Waals surface area contributed by atoms with E-state index in [1.807, 2.05) is 13.0 Å². The van der Waals surface area contributed by atoms with Gasteiger partial charge in [0.2, 0.25) is 0 Å². The quantitative estimate of drug-likeness (QED) is 0.254. The number of Topliss-reactive ketones (excluding diaryl/α,β-unsaturated/α-hetero) is 1. The van der Waals surface area contributed by atoms with E-state index in [2.05, 4.69) is 4.98 Å². The van der Waals surface area contributed by atoms with Crippen LogP contribution in [0.5, 0.6) is 5.75 Å². The summed E-state index contributed by atoms with van der Waals surface area (Å²) in [6.45, 7) is 3.44. The second kappa shape index (κ2) is 9.11. The number of hydrogen-bond acceptors (Lipinski definition) is 8. The zero-order valence-electron chi connectivity index (χ0n) is 19.0. The number of hydrogen-bond donors (Lipinski definition) is 1. The monoisotopic (exact) mass is 478 g/mol. The van der Waals surface area contributed by atoms with Crippen LogP contribution in [0.15, 0.2) is 54.1 Å². The van der Waals surface area contributed by atoms with Gasteiger partial charge in [0.05, 0.1) is 31.5 Å². The second-order valence-corrected chi connectivity index (χ2v) is 8.64. The Bertz CT molecular complexity index is 1330. The normalized spacial score (nSPS) is 17.2. The molecule has 1 unspecified atom stereocenters. The van der Waals surface area contributed by atoms with E-state index >= 15 is 0 Å². The summed E-state index contributed by atoms with van der Waals surface area (Å²) in [4.78, 5) is 44.4. The number of nitrogens with zero attached hydrogens (tertiary/aromatic N) is 2. The maximum Gasteiger partial charge on any atom is 0.350 e. The van der Waals surface area contributed by atoms with Crippen LogP contribution in [0.1, 0.15) is 38.1 Å². The van der Waals surface area contributed by atoms with Gasteiger partial charge in [-0.15, -0.1) is 0 Å². The number of anilines is 1. The number of aryl methyl sites for hydroxylation is 2. The summed E-state index contributed by atoms with van der Waals surface area (Å²) >= 11 is 0.957. The number of esters is 1. The van der Waals surface area contributed by atoms with Crippen molar-refractivity contribution in [2.24, 2.45) is 0 Å². The highest BCUT2D eigenvalue weighted by atomic mass is 32.1. The molecular formula is C25H22N2O6S. The fraction of sp³-hybridized carbons (Fsp3) is 0.200. The molecule has 2 heterocycles. The Morgan fingerprint density at radius 1 is 1.09 bits per heavy atom. The maximum atomic E-state index is 13.2. The van der Waals surface area contributed by atoms with Crippen molar-refractivity contribution in [1.82, 2.24) is 4.98 Å². The summed E-state index contributed by atoms with van der Waals surface area (Å²) in [5.41, 5.74) is 2.07. The molecule has 0 radical (unpaired) electrons. The van der Waals surface area contributed by atoms with Gasteiger partial charge in [-0.25, -0.2) is 9.78 Å². The molecule has 8 nitrogen and oxygen atoms in total. The molecule has 1 amide bonds. The Hall–Kier alpha value is -3.98. The zero-order valence-corrected chi connectivity index (χ0v) is 19.8. The standard InChI is InChI=1S/C25H22N2O6S/c1-13-12-16(10-11-17(13)32-3)20(28)18-19(15-8-6-5-7-9-15)27(23(30)21(18)29)25-26-14(2)22(34-25)24(31)33-4/h5-12,19,28H,1-4H3/b20-18+. The van der Waals surface area contributed by atoms with Crippen LogP contribution in [0.25, 0.3) is 5.76 Å². The largest absolute Gasteiger partial charge is 0.507 e. The lowest BCUT2D eigenvalue weighted by Crippen LogP contribution is -2.29. The van der Waals surface area contributed by atoms with Crippen molar-refractivity contribution in [3.05, 3.63) is 81.4 Å². The minimum absolute atomic E-state index is 0.0618. The lowest BCUT2D eigenvalue weighted by atomic mass is 9.95. The van der Waals surface area contributed by atoms with Gasteiger partial charge in [0.25, 0.3) is 5.78 Å². The predicted octanol–water partition coefficient (Wildman–Crippen LogP) is 4.18. The minimum Gasteiger partial charge on any atom is -0.507 e. The molecule has 0 aliphatic carbocycles. The molecule has 34 heavy (non-hydrogen) atoms. The smallest absolute Gasteiger partial charge is 0.350 e. The maximum absolute atomic E-state index is 13.2. The van der Waals surface area contributed by atoms with Crippen LogP contribution in [0.3, 0.4) is 0 Å². The van der Waals surface area contributed by atoms with Crippen LogP contribution >= 0.6 is 11.3 Å². The molecule has 0 spiro atoms. The lowest BCUT2D eigenvalue weighted by molar-refractivity contribution is -0.132. The molecule has 4 rings (SSSR count). The molecule has 1 atom stereocenters. The van der Waals surface area contributed by atoms with E-state index in [0.717, 1.165) is 16.9 Å². The van der Waals surface area contributed by atoms with Crippen molar-refractivity contribution in [2.45, 2.75) is 19.9 Å². The fourth-order valence-electron chi connectivity index (χ4n) is 3.93. The van der Waals surface area contributed by atoms with E-state index in [1.54, 1.807) is 56.5 Å². The number of aromatic nitrogens is 1. The molecule has 2 aromatic carbocycles. The summed E-state index contributed by atoms with van der Waals surface area (Å²) in [7, 11) is 2.80. The molecule has 1 aliphatic rings. The van der Waals surface area contributed by atoms with E-state index in [1.165, 1.54) is 12.0 Å². The first kappa shape index (κ1) is 23.2. The number of thiazole rings is 1. The molecule has 1 N–H and O–H groups in total. The first-order valence-electron chi connectivity index (χ1n) is 10.3. The molecule has 0 bridgehead atoms. The topological polar surface area (TPSA) is 106 Å². The van der Waals surface area contributed by atoms with E-state index in [-0.39, 0.29) is 21.3 Å². The van der Waals surface area contributed by atoms with Crippen molar-refractivity contribution in [3.8, 4) is 5.75 Å². The first-order chi connectivity index (χ1) is 16.3. The number of amides is 1. The molecule has 174 valence electrons. The minimum atomic E-state index is -0.931. The summed E-state index contributed by atoms with van der Waals surface area (Å²) in [6.07, 6.45) is 0. The van der Waals surface area contributed by atoms with E-state index in [0.29, 0.717) is 22.6 Å². The highest BCUT2D eigenvalue weighted by Gasteiger charge is 2.48. The number of ether oxygens (including phenoxy) is 2. The van der Waals surface area contributed by atoms with E-state index in [4.69, 9.17) is 9.47 Å². The highest BCUT2D eigenvalue weighted by Crippen LogP contribution is 2.44. The zero-order chi connectivity index (χ0) is 24.6. The van der Waals surface area contributed by atoms with Gasteiger partial charge in [-0.1, -0.05) is 41.7 Å². The molecule has 0 saturated carbocycles. The third-order valence-electron chi connectivity index (χ3n) is 5.59. The van der Waals surface area contributed by atoms with Crippen molar-refractivity contribution in [1.29, 1.82) is 0 Å². The number of methoxy groups -OCH3 is 2. The Morgan fingerprint density at radius 3 is 2.41 bits per heavy atom. The molecule has 1 aromatic heterocycles. The molecule has 1 aliphatic heterocycles. The average Bonchev–Trinajstić information content (AvgIpc) is 3.35. The van der Waals surface area contributed by atoms with E-state index in [9.17, 15) is 19.5 Å². The van der Waals surface area contributed by atoms with Crippen LogP contribution in [0, 0.1) is 13.8 Å². The van der Waals surface area contributed by atoms with Crippen molar-refractivity contribution >= 4 is 39.9 Å². The van der Waals surface area contributed by atoms with Crippen molar-refractivity contribution in [3.63, 3.8) is 0 Å². The van der Waals surface area contributed by atoms with Gasteiger partial charge in [0.15, 0.2) is 5.13 Å². The second-order valence-electron chi connectivity index (χ2n) is 7.67. The summed E-state index contributed by atoms with van der Waals surface area (Å²) < 4.78 is 10.1. The average molecular weight is 479 g/mol. The molecular weight excluding hydrogens is 456 g/mol. The number of carbonyl (C=O) groups is 3. The number of carbonyl (C=O) groups excluding carboxylic acids is 3. The van der Waals surface area contributed by atoms with Crippen LogP contribution < -0.4 is 9.64 Å². The van der Waals surface area contributed by atoms with Gasteiger partial charge in [-0.2, -0.15) is 0 Å². The van der Waals surface area contributed by atoms with Gasteiger partial charge in [-0.05, 0) is 43.2 Å². The number of aliphatic hydroxyl groups is 1. The summed E-state index contributed by atoms with van der Waals surface area (Å²) in [5.74, 6) is -1.94. The number of ketones is 1. The van der Waals surface area contributed by atoms with Crippen molar-refractivity contribution in [2.75, 3.05) is 19.1 Å². The number of aliphatic hydroxyl groups excluding tert-OH is 1. The van der Waals surface area contributed by atoms with Gasteiger partial charge < -0.3 is 14.6 Å². The van der Waals surface area contributed by atoms with Gasteiger partial charge in [0, 0.05) is 5.56 Å². The van der Waals surface area contributed by atoms with E-state index < -0.39 is 23.7 Å². The summed E-state index contributed by atoms with van der Waals surface area (Å²) in [6, 6.07) is 13.0. The lowest BCUT2D eigenvalue weighted by Gasteiger charge is -2.23. The van der Waals surface area contributed by atoms with Gasteiger partial charge in [-0.3, -0.25) is 14.5 Å². The number of rotatable bonds is 5. The Labute approximate surface area is 200 Å². The Morgan fingerprint density at radius 2 is 1.79 bits per heavy atom. The van der Waals surface area contributed by atoms with Crippen LogP contribution in [0.4, 0.5) is 5.13 Å². The molecule has 1 saturated heterocycles. The van der Waals surface area contributed by atoms with Crippen LogP contribution in [-0.2, 0) is 14.3 Å². The Balaban J connectivity index is 1.92. The third-order valence-corrected chi connectivity index (χ3v) is 6.73. The summed E-state index contributed by atoms with van der Waals surface area (Å²) in [5, 5.41) is 11.4. The predicted molar refractivity (Wildman–Crippen MR) is 127 cm³/mol. The van der Waals surface area contributed by atoms with Crippen LogP contribution in [0.2, 0.25) is 0 Å². The highest BCUT2D eigenvalue weighted by molar-refractivity contribution is 7.17.